The molecule has 1 aromatic carbocycles. The van der Waals surface area contributed by atoms with Gasteiger partial charge in [0.15, 0.2) is 5.75 Å². The summed E-state index contributed by atoms with van der Waals surface area (Å²) in [4.78, 5) is 10.7. The van der Waals surface area contributed by atoms with Gasteiger partial charge in [-0.3, -0.25) is 10.1 Å². The molecule has 0 heterocycles. The molecule has 0 saturated heterocycles. The van der Waals surface area contributed by atoms with E-state index in [4.69, 9.17) is 27.5 Å². The van der Waals surface area contributed by atoms with Gasteiger partial charge in [0, 0.05) is 40.0 Å². The summed E-state index contributed by atoms with van der Waals surface area (Å²) in [5.74, 6) is 0.562. The molecule has 27 heavy (non-hydrogen) atoms. The SMILES string of the molecule is [CH2-]Oc1c(OC)ccc([N+](=O)[O-])c1COCCCC[Si](OC)(OC)OC.[Rf]. The Hall–Kier alpha value is -2.72. The Kier molecular flexibility index (Phi) is 10.6. The zero-order valence-electron chi connectivity index (χ0n) is 16.3. The van der Waals surface area contributed by atoms with Gasteiger partial charge >= 0.3 is 8.80 Å². The molecule has 11 heteroatoms. The minimum absolute atomic E-state index is 0. The van der Waals surface area contributed by atoms with Gasteiger partial charge in [0.05, 0.1) is 24.2 Å². The fourth-order valence-corrected chi connectivity index (χ4v) is 4.30. The Morgan fingerprint density at radius 3 is 2.22 bits per heavy atom. The third kappa shape index (κ3) is 6.18. The molecule has 0 aromatic heterocycles. The molecule has 0 aliphatic carbocycles. The van der Waals surface area contributed by atoms with E-state index in [9.17, 15) is 10.1 Å². The molecule has 1 rings (SSSR count). The molecule has 0 saturated carbocycles. The molecule has 0 N–H and O–H groups in total. The number of rotatable bonds is 13. The number of nitro benzene ring substituents is 1. The van der Waals surface area contributed by atoms with Gasteiger partial charge < -0.3 is 27.5 Å². The van der Waals surface area contributed by atoms with Crippen molar-refractivity contribution in [3.05, 3.63) is 34.9 Å². The fourth-order valence-electron chi connectivity index (χ4n) is 2.50. The van der Waals surface area contributed by atoms with E-state index in [-0.39, 0.29) is 18.0 Å². The van der Waals surface area contributed by atoms with Crippen LogP contribution in [0.15, 0.2) is 12.1 Å². The summed E-state index contributed by atoms with van der Waals surface area (Å²) in [7, 11) is 6.91. The number of unbranched alkanes of at least 4 members (excludes halogenated alkanes) is 1. The van der Waals surface area contributed by atoms with Crippen LogP contribution >= 0.6 is 0 Å². The molecule has 0 radical (unpaired) electrons. The summed E-state index contributed by atoms with van der Waals surface area (Å²) in [5.41, 5.74) is 0.188. The van der Waals surface area contributed by atoms with Crippen LogP contribution in [0.25, 0.3) is 0 Å². The fraction of sp³-hybridized carbons (Fsp3) is 0.562. The minimum atomic E-state index is -2.58. The van der Waals surface area contributed by atoms with E-state index < -0.39 is 13.7 Å². The number of methoxy groups -OCH3 is 1. The van der Waals surface area contributed by atoms with Crippen molar-refractivity contribution in [2.24, 2.45) is 0 Å². The van der Waals surface area contributed by atoms with Crippen LogP contribution < -0.4 is 9.47 Å². The van der Waals surface area contributed by atoms with Crippen LogP contribution in [0.4, 0.5) is 5.69 Å². The molecule has 1 aromatic rings. The topological polar surface area (TPSA) is 98.5 Å². The summed E-state index contributed by atoms with van der Waals surface area (Å²) in [6, 6.07) is 3.48. The van der Waals surface area contributed by atoms with Gasteiger partial charge in [0.2, 0.25) is 0 Å². The first kappa shape index (κ1) is 24.3. The van der Waals surface area contributed by atoms with E-state index in [0.29, 0.717) is 24.0 Å². The molecule has 0 aliphatic rings. The first-order valence-corrected chi connectivity index (χ1v) is 9.91. The van der Waals surface area contributed by atoms with E-state index in [2.05, 4.69) is 7.11 Å². The second-order valence-corrected chi connectivity index (χ2v) is 8.39. The summed E-state index contributed by atoms with van der Waals surface area (Å²) in [6.07, 6.45) is 1.50. The van der Waals surface area contributed by atoms with Crippen molar-refractivity contribution in [1.82, 2.24) is 0 Å². The second-order valence-electron chi connectivity index (χ2n) is 5.30. The first-order valence-electron chi connectivity index (χ1n) is 7.98. The number of ether oxygens (including phenoxy) is 3. The van der Waals surface area contributed by atoms with Gasteiger partial charge in [-0.25, -0.2) is 0 Å². The largest absolute Gasteiger partial charge is 0.663 e. The van der Waals surface area contributed by atoms with Crippen LogP contribution in [0.2, 0.25) is 6.04 Å². The van der Waals surface area contributed by atoms with Crippen molar-refractivity contribution in [1.29, 1.82) is 0 Å². The Balaban J connectivity index is 0.00000676. The zero-order chi connectivity index (χ0) is 19.6. The molecule has 0 amide bonds. The number of nitrogens with zero attached hydrogens (tertiary/aromatic N) is 1. The quantitative estimate of drug-likeness (QED) is 0.105. The Morgan fingerprint density at radius 1 is 1.11 bits per heavy atom. The molecule has 150 valence electrons. The molecule has 0 unspecified atom stereocenters. The summed E-state index contributed by atoms with van der Waals surface area (Å²) < 4.78 is 31.8. The molecular formula is C16H26NO8RfSi-. The Bertz CT molecular complexity index is 578. The molecule has 9 nitrogen and oxygen atoms in total. The first-order chi connectivity index (χ1) is 12.5. The summed E-state index contributed by atoms with van der Waals surface area (Å²) in [5, 5.41) is 11.2. The smallest absolute Gasteiger partial charge is 0.500 e. The third-order valence-electron chi connectivity index (χ3n) is 3.96. The molecule has 0 bridgehead atoms. The minimum Gasteiger partial charge on any atom is -0.663 e. The molecule has 0 aliphatic heterocycles. The van der Waals surface area contributed by atoms with Crippen molar-refractivity contribution >= 4 is 14.5 Å². The van der Waals surface area contributed by atoms with Gasteiger partial charge in [0.1, 0.15) is 5.75 Å². The number of hydrogen-bond donors (Lipinski definition) is 0. The molecule has 0 fully saturated rings. The van der Waals surface area contributed by atoms with Crippen LogP contribution in [0, 0.1) is 17.2 Å². The molecule has 0 atom stereocenters. The van der Waals surface area contributed by atoms with Gasteiger partial charge in [-0.2, -0.15) is 7.11 Å². The van der Waals surface area contributed by atoms with E-state index in [1.807, 2.05) is 0 Å². The van der Waals surface area contributed by atoms with Crippen molar-refractivity contribution in [3.8, 4) is 11.5 Å². The third-order valence-corrected chi connectivity index (χ3v) is 6.79. The number of hydrogen-bond acceptors (Lipinski definition) is 8. The standard InChI is InChI=1S/C16H26NO8Si.Rf/c1-20-15-9-8-14(17(18)19)13(16(15)21-2)12-25-10-6-7-11-26(22-3,23-4)24-5;/h8-9H,2,6-7,10-12H2,1,3-5H3;/q-1;. The predicted molar refractivity (Wildman–Crippen MR) is 96.1 cm³/mol. The van der Waals surface area contributed by atoms with E-state index in [1.54, 1.807) is 21.3 Å². The molecule has 0 spiro atoms. The number of benzene rings is 1. The van der Waals surface area contributed by atoms with Crippen LogP contribution in [0.3, 0.4) is 0 Å². The van der Waals surface area contributed by atoms with E-state index in [1.165, 1.54) is 19.2 Å². The molecular weight excluding hydrogens is 629 g/mol. The van der Waals surface area contributed by atoms with Crippen LogP contribution in [0.1, 0.15) is 18.4 Å². The Labute approximate surface area is 154 Å². The maximum atomic E-state index is 11.2. The monoisotopic (exact) mass is 655 g/mol. The average molecular weight is 655 g/mol. The normalized spacial score (nSPS) is 11.0. The number of nitro groups is 1. The maximum Gasteiger partial charge on any atom is 0.500 e. The zero-order valence-corrected chi connectivity index (χ0v) is 23.7. The van der Waals surface area contributed by atoms with Gasteiger partial charge in [0.25, 0.3) is 5.69 Å². The van der Waals surface area contributed by atoms with Crippen molar-refractivity contribution in [2.75, 3.05) is 35.0 Å². The summed E-state index contributed by atoms with van der Waals surface area (Å²) >= 11 is 0. The maximum absolute atomic E-state index is 11.2. The second kappa shape index (κ2) is 11.8. The van der Waals surface area contributed by atoms with Gasteiger partial charge in [-0.15, -0.1) is 0 Å². The average Bonchev–Trinajstić information content (AvgIpc) is 2.67. The predicted octanol–water partition coefficient (Wildman–Crippen LogP) is 2.95. The Morgan fingerprint density at radius 2 is 1.74 bits per heavy atom. The van der Waals surface area contributed by atoms with Crippen molar-refractivity contribution < 1.29 is 32.4 Å². The van der Waals surface area contributed by atoms with Gasteiger partial charge in [-0.1, -0.05) is 0 Å². The van der Waals surface area contributed by atoms with Crippen molar-refractivity contribution in [2.45, 2.75) is 25.5 Å². The van der Waals surface area contributed by atoms with E-state index in [0.717, 1.165) is 12.8 Å². The van der Waals surface area contributed by atoms with Crippen LogP contribution in [-0.2, 0) is 24.6 Å². The van der Waals surface area contributed by atoms with Crippen LogP contribution in [0.5, 0.6) is 11.5 Å². The van der Waals surface area contributed by atoms with Crippen molar-refractivity contribution in [3.63, 3.8) is 0 Å². The van der Waals surface area contributed by atoms with E-state index >= 15 is 0 Å². The summed E-state index contributed by atoms with van der Waals surface area (Å²) in [6.45, 7) is 0.423. The van der Waals surface area contributed by atoms with Gasteiger partial charge in [-0.05, 0) is 18.9 Å². The van der Waals surface area contributed by atoms with Crippen LogP contribution in [-0.4, -0.2) is 48.8 Å².